The van der Waals surface area contributed by atoms with E-state index in [0.29, 0.717) is 5.75 Å². The van der Waals surface area contributed by atoms with Gasteiger partial charge in [0, 0.05) is 26.2 Å². The fourth-order valence-corrected chi connectivity index (χ4v) is 3.81. The van der Waals surface area contributed by atoms with Crippen LogP contribution < -0.4 is 0 Å². The van der Waals surface area contributed by atoms with E-state index in [1.54, 1.807) is 11.8 Å². The van der Waals surface area contributed by atoms with E-state index >= 15 is 0 Å². The van der Waals surface area contributed by atoms with Gasteiger partial charge in [-0.3, -0.25) is 9.78 Å². The SMILES string of the molecule is CCc1c(C)nc2ccc(Br)cc2c1SCCC(=O)O. The van der Waals surface area contributed by atoms with Crippen LogP contribution in [0.3, 0.4) is 0 Å². The van der Waals surface area contributed by atoms with Crippen molar-refractivity contribution in [2.45, 2.75) is 31.6 Å². The molecule has 0 aliphatic carbocycles. The van der Waals surface area contributed by atoms with Crippen molar-refractivity contribution in [3.05, 3.63) is 33.9 Å². The zero-order valence-corrected chi connectivity index (χ0v) is 13.8. The molecule has 0 saturated carbocycles. The van der Waals surface area contributed by atoms with Crippen LogP contribution >= 0.6 is 27.7 Å². The minimum absolute atomic E-state index is 0.171. The Morgan fingerprint density at radius 2 is 2.20 bits per heavy atom. The Kier molecular flexibility index (Phi) is 5.05. The highest BCUT2D eigenvalue weighted by Crippen LogP contribution is 2.34. The van der Waals surface area contributed by atoms with Gasteiger partial charge in [0.15, 0.2) is 0 Å². The van der Waals surface area contributed by atoms with E-state index in [1.807, 2.05) is 19.1 Å². The molecule has 0 amide bonds. The molecule has 5 heteroatoms. The number of hydrogen-bond donors (Lipinski definition) is 1. The first-order valence-electron chi connectivity index (χ1n) is 6.46. The van der Waals surface area contributed by atoms with Gasteiger partial charge in [0.2, 0.25) is 0 Å². The normalized spacial score (nSPS) is 10.9. The average Bonchev–Trinajstić information content (AvgIpc) is 2.39. The number of carbonyl (C=O) groups is 1. The number of aliphatic carboxylic acids is 1. The van der Waals surface area contributed by atoms with Crippen molar-refractivity contribution in [3.63, 3.8) is 0 Å². The summed E-state index contributed by atoms with van der Waals surface area (Å²) in [5.74, 6) is -0.181. The minimum atomic E-state index is -0.758. The van der Waals surface area contributed by atoms with E-state index in [-0.39, 0.29) is 6.42 Å². The van der Waals surface area contributed by atoms with Crippen molar-refractivity contribution < 1.29 is 9.90 Å². The molecule has 1 aromatic heterocycles. The number of thioether (sulfide) groups is 1. The molecule has 0 unspecified atom stereocenters. The van der Waals surface area contributed by atoms with Crippen molar-refractivity contribution in [2.24, 2.45) is 0 Å². The summed E-state index contributed by atoms with van der Waals surface area (Å²) in [5, 5.41) is 9.89. The number of aromatic nitrogens is 1. The molecule has 0 atom stereocenters. The topological polar surface area (TPSA) is 50.2 Å². The van der Waals surface area contributed by atoms with Crippen molar-refractivity contribution in [1.82, 2.24) is 4.98 Å². The highest BCUT2D eigenvalue weighted by Gasteiger charge is 2.13. The highest BCUT2D eigenvalue weighted by molar-refractivity contribution is 9.10. The highest BCUT2D eigenvalue weighted by atomic mass is 79.9. The van der Waals surface area contributed by atoms with Crippen LogP contribution in [-0.4, -0.2) is 21.8 Å². The van der Waals surface area contributed by atoms with E-state index in [2.05, 4.69) is 33.9 Å². The molecule has 2 aromatic rings. The number of aryl methyl sites for hydroxylation is 1. The van der Waals surface area contributed by atoms with E-state index in [1.165, 1.54) is 5.56 Å². The molecule has 0 bridgehead atoms. The molecular formula is C15H16BrNO2S. The molecule has 0 aliphatic heterocycles. The predicted molar refractivity (Wildman–Crippen MR) is 86.5 cm³/mol. The molecule has 0 radical (unpaired) electrons. The molecule has 0 fully saturated rings. The van der Waals surface area contributed by atoms with Gasteiger partial charge >= 0.3 is 5.97 Å². The third kappa shape index (κ3) is 3.33. The van der Waals surface area contributed by atoms with Gasteiger partial charge in [-0.25, -0.2) is 0 Å². The summed E-state index contributed by atoms with van der Waals surface area (Å²) in [5.41, 5.74) is 3.20. The van der Waals surface area contributed by atoms with Crippen LogP contribution in [0.25, 0.3) is 10.9 Å². The number of fused-ring (bicyclic) bond motifs is 1. The van der Waals surface area contributed by atoms with Gasteiger partial charge in [-0.05, 0) is 37.1 Å². The molecule has 1 heterocycles. The van der Waals surface area contributed by atoms with Crippen LogP contribution in [0, 0.1) is 6.92 Å². The molecule has 0 spiro atoms. The average molecular weight is 354 g/mol. The van der Waals surface area contributed by atoms with Crippen molar-refractivity contribution >= 4 is 44.6 Å². The quantitative estimate of drug-likeness (QED) is 0.807. The molecule has 1 aromatic carbocycles. The van der Waals surface area contributed by atoms with Crippen LogP contribution in [0.1, 0.15) is 24.6 Å². The van der Waals surface area contributed by atoms with Crippen molar-refractivity contribution in [2.75, 3.05) is 5.75 Å². The monoisotopic (exact) mass is 353 g/mol. The summed E-state index contributed by atoms with van der Waals surface area (Å²) in [6, 6.07) is 6.03. The predicted octanol–water partition coefficient (Wildman–Crippen LogP) is 4.43. The standard InChI is InChI=1S/C15H16BrNO2S/c1-3-11-9(2)17-13-5-4-10(16)8-12(13)15(11)20-7-6-14(18)19/h4-5,8H,3,6-7H2,1-2H3,(H,18,19). The van der Waals surface area contributed by atoms with Crippen LogP contribution in [0.5, 0.6) is 0 Å². The Bertz CT molecular complexity index is 658. The number of carboxylic acids is 1. The number of rotatable bonds is 5. The van der Waals surface area contributed by atoms with Crippen molar-refractivity contribution in [1.29, 1.82) is 0 Å². The second kappa shape index (κ2) is 6.59. The number of carboxylic acid groups (broad SMARTS) is 1. The largest absolute Gasteiger partial charge is 0.481 e. The lowest BCUT2D eigenvalue weighted by atomic mass is 10.1. The fourth-order valence-electron chi connectivity index (χ4n) is 2.18. The summed E-state index contributed by atoms with van der Waals surface area (Å²) >= 11 is 5.10. The molecule has 3 nitrogen and oxygen atoms in total. The van der Waals surface area contributed by atoms with E-state index in [0.717, 1.165) is 32.4 Å². The van der Waals surface area contributed by atoms with Crippen LogP contribution in [0.4, 0.5) is 0 Å². The number of benzene rings is 1. The summed E-state index contributed by atoms with van der Waals surface area (Å²) in [7, 11) is 0. The van der Waals surface area contributed by atoms with Crippen LogP contribution in [0.15, 0.2) is 27.6 Å². The molecule has 1 N–H and O–H groups in total. The first-order valence-corrected chi connectivity index (χ1v) is 8.24. The van der Waals surface area contributed by atoms with Gasteiger partial charge in [0.05, 0.1) is 11.9 Å². The molecular weight excluding hydrogens is 338 g/mol. The fraction of sp³-hybridized carbons (Fsp3) is 0.333. The van der Waals surface area contributed by atoms with Gasteiger partial charge < -0.3 is 5.11 Å². The van der Waals surface area contributed by atoms with Crippen molar-refractivity contribution in [3.8, 4) is 0 Å². The summed E-state index contributed by atoms with van der Waals surface area (Å²) in [4.78, 5) is 16.5. The Labute approximate surface area is 130 Å². The minimum Gasteiger partial charge on any atom is -0.481 e. The van der Waals surface area contributed by atoms with Gasteiger partial charge in [-0.1, -0.05) is 22.9 Å². The molecule has 106 valence electrons. The lowest BCUT2D eigenvalue weighted by Crippen LogP contribution is -2.00. The number of hydrogen-bond acceptors (Lipinski definition) is 3. The molecule has 20 heavy (non-hydrogen) atoms. The van der Waals surface area contributed by atoms with Gasteiger partial charge in [-0.15, -0.1) is 11.8 Å². The molecule has 2 rings (SSSR count). The lowest BCUT2D eigenvalue weighted by Gasteiger charge is -2.14. The Hall–Kier alpha value is -1.07. The zero-order chi connectivity index (χ0) is 14.7. The van der Waals surface area contributed by atoms with E-state index in [9.17, 15) is 4.79 Å². The molecule has 0 saturated heterocycles. The Morgan fingerprint density at radius 3 is 2.85 bits per heavy atom. The lowest BCUT2D eigenvalue weighted by molar-refractivity contribution is -0.136. The van der Waals surface area contributed by atoms with Gasteiger partial charge in [0.1, 0.15) is 0 Å². The third-order valence-electron chi connectivity index (χ3n) is 3.12. The number of halogens is 1. The second-order valence-electron chi connectivity index (χ2n) is 4.51. The third-order valence-corrected chi connectivity index (χ3v) is 4.77. The Balaban J connectivity index is 2.51. The van der Waals surface area contributed by atoms with Gasteiger partial charge in [-0.2, -0.15) is 0 Å². The first-order chi connectivity index (χ1) is 9.52. The van der Waals surface area contributed by atoms with E-state index in [4.69, 9.17) is 5.11 Å². The maximum Gasteiger partial charge on any atom is 0.304 e. The van der Waals surface area contributed by atoms with Crippen LogP contribution in [0.2, 0.25) is 0 Å². The molecule has 0 aliphatic rings. The Morgan fingerprint density at radius 1 is 1.45 bits per heavy atom. The summed E-state index contributed by atoms with van der Waals surface area (Å²) < 4.78 is 1.01. The maximum atomic E-state index is 10.7. The van der Waals surface area contributed by atoms with E-state index < -0.39 is 5.97 Å². The second-order valence-corrected chi connectivity index (χ2v) is 6.53. The summed E-state index contributed by atoms with van der Waals surface area (Å²) in [6.07, 6.45) is 1.07. The summed E-state index contributed by atoms with van der Waals surface area (Å²) in [6.45, 7) is 4.12. The zero-order valence-electron chi connectivity index (χ0n) is 11.4. The smallest absolute Gasteiger partial charge is 0.304 e. The number of nitrogens with zero attached hydrogens (tertiary/aromatic N) is 1. The number of pyridine rings is 1. The van der Waals surface area contributed by atoms with Crippen LogP contribution in [-0.2, 0) is 11.2 Å². The van der Waals surface area contributed by atoms with Gasteiger partial charge in [0.25, 0.3) is 0 Å². The first kappa shape index (κ1) is 15.3. The maximum absolute atomic E-state index is 10.7.